The molecule has 0 aliphatic heterocycles. The maximum absolute atomic E-state index is 12.3. The van der Waals surface area contributed by atoms with Gasteiger partial charge in [0.1, 0.15) is 0 Å². The Morgan fingerprint density at radius 1 is 1.11 bits per heavy atom. The molecule has 0 heterocycles. The van der Waals surface area contributed by atoms with Gasteiger partial charge in [-0.1, -0.05) is 45.0 Å². The lowest BCUT2D eigenvalue weighted by molar-refractivity contribution is -0.172. The zero-order chi connectivity index (χ0) is 13.9. The highest BCUT2D eigenvalue weighted by atomic mass is 19.4. The number of carbonyl (C=O) groups excluding carboxylic acids is 1. The predicted octanol–water partition coefficient (Wildman–Crippen LogP) is 4.12. The van der Waals surface area contributed by atoms with Crippen molar-refractivity contribution in [2.75, 3.05) is 0 Å². The highest BCUT2D eigenvalue weighted by Crippen LogP contribution is 2.27. The van der Waals surface area contributed by atoms with E-state index in [0.717, 1.165) is 12.0 Å². The first-order chi connectivity index (χ1) is 8.21. The van der Waals surface area contributed by atoms with E-state index in [1.165, 1.54) is 6.92 Å². The molecule has 1 atom stereocenters. The molecule has 1 rings (SSSR count). The van der Waals surface area contributed by atoms with Gasteiger partial charge in [0, 0.05) is 5.92 Å². The Morgan fingerprint density at radius 2 is 1.61 bits per heavy atom. The summed E-state index contributed by atoms with van der Waals surface area (Å²) in [6.07, 6.45) is -3.89. The van der Waals surface area contributed by atoms with Gasteiger partial charge in [-0.3, -0.25) is 4.79 Å². The summed E-state index contributed by atoms with van der Waals surface area (Å²) < 4.78 is 36.9. The van der Waals surface area contributed by atoms with Crippen LogP contribution in [0, 0.1) is 5.92 Å². The molecule has 100 valence electrons. The van der Waals surface area contributed by atoms with E-state index in [9.17, 15) is 18.0 Å². The average Bonchev–Trinajstić information content (AvgIpc) is 2.26. The van der Waals surface area contributed by atoms with Crippen LogP contribution in [-0.4, -0.2) is 12.0 Å². The Balaban J connectivity index is 2.82. The maximum Gasteiger partial charge on any atom is 0.450 e. The molecule has 0 aromatic heterocycles. The Morgan fingerprint density at radius 3 is 2.00 bits per heavy atom. The summed E-state index contributed by atoms with van der Waals surface area (Å²) in [6.45, 7) is 5.43. The first kappa shape index (κ1) is 14.7. The van der Waals surface area contributed by atoms with E-state index < -0.39 is 17.9 Å². The number of halogens is 3. The zero-order valence-electron chi connectivity index (χ0n) is 10.7. The van der Waals surface area contributed by atoms with E-state index in [1.54, 1.807) is 24.3 Å². The summed E-state index contributed by atoms with van der Waals surface area (Å²) in [5.74, 6) is -2.35. The van der Waals surface area contributed by atoms with Gasteiger partial charge >= 0.3 is 6.18 Å². The van der Waals surface area contributed by atoms with Crippen LogP contribution in [0.4, 0.5) is 13.2 Å². The minimum absolute atomic E-state index is 0.407. The quantitative estimate of drug-likeness (QED) is 0.794. The third-order valence-corrected chi connectivity index (χ3v) is 2.80. The molecule has 0 spiro atoms. The van der Waals surface area contributed by atoms with Crippen molar-refractivity contribution in [1.29, 1.82) is 0 Å². The van der Waals surface area contributed by atoms with Gasteiger partial charge in [-0.2, -0.15) is 13.2 Å². The molecule has 0 bridgehead atoms. The van der Waals surface area contributed by atoms with Crippen molar-refractivity contribution in [3.8, 4) is 0 Å². The standard InChI is InChI=1S/C14H17F3O/c1-9(2)8-11-4-6-12(7-5-11)10(3)13(18)14(15,16)17/h4-7,9-10H,8H2,1-3H3. The summed E-state index contributed by atoms with van der Waals surface area (Å²) >= 11 is 0. The number of hydrogen-bond acceptors (Lipinski definition) is 1. The molecule has 0 amide bonds. The Kier molecular flexibility index (Phi) is 4.54. The van der Waals surface area contributed by atoms with Crippen LogP contribution in [0.25, 0.3) is 0 Å². The Hall–Kier alpha value is -1.32. The number of ketones is 1. The van der Waals surface area contributed by atoms with E-state index in [-0.39, 0.29) is 0 Å². The smallest absolute Gasteiger partial charge is 0.289 e. The highest BCUT2D eigenvalue weighted by Gasteiger charge is 2.41. The molecule has 18 heavy (non-hydrogen) atoms. The van der Waals surface area contributed by atoms with Crippen LogP contribution >= 0.6 is 0 Å². The van der Waals surface area contributed by atoms with Crippen molar-refractivity contribution in [3.05, 3.63) is 35.4 Å². The SMILES string of the molecule is CC(C)Cc1ccc(C(C)C(=O)C(F)(F)F)cc1. The molecule has 0 N–H and O–H groups in total. The second kappa shape index (κ2) is 5.55. The Bertz CT molecular complexity index is 404. The zero-order valence-corrected chi connectivity index (χ0v) is 10.7. The molecule has 1 aromatic rings. The molecule has 1 aromatic carbocycles. The molecule has 0 radical (unpaired) electrons. The van der Waals surface area contributed by atoms with Gasteiger partial charge in [0.05, 0.1) is 0 Å². The molecule has 0 aliphatic carbocycles. The van der Waals surface area contributed by atoms with Gasteiger partial charge in [-0.05, 0) is 23.5 Å². The van der Waals surface area contributed by atoms with Crippen molar-refractivity contribution in [3.63, 3.8) is 0 Å². The molecular weight excluding hydrogens is 241 g/mol. The van der Waals surface area contributed by atoms with Crippen molar-refractivity contribution >= 4 is 5.78 Å². The molecule has 0 aliphatic rings. The number of Topliss-reactive ketones (excluding diaryl/α,β-unsaturated/α-hetero) is 1. The monoisotopic (exact) mass is 258 g/mol. The van der Waals surface area contributed by atoms with Gasteiger partial charge in [-0.15, -0.1) is 0 Å². The van der Waals surface area contributed by atoms with Crippen LogP contribution in [0.5, 0.6) is 0 Å². The second-order valence-corrected chi connectivity index (χ2v) is 4.92. The van der Waals surface area contributed by atoms with Gasteiger partial charge < -0.3 is 0 Å². The fourth-order valence-electron chi connectivity index (χ4n) is 1.81. The molecule has 0 saturated heterocycles. The summed E-state index contributed by atoms with van der Waals surface area (Å²) in [6, 6.07) is 6.78. The fraction of sp³-hybridized carbons (Fsp3) is 0.500. The van der Waals surface area contributed by atoms with Crippen LogP contribution in [0.15, 0.2) is 24.3 Å². The molecule has 1 unspecified atom stereocenters. The maximum atomic E-state index is 12.3. The molecule has 0 fully saturated rings. The third kappa shape index (κ3) is 3.86. The lowest BCUT2D eigenvalue weighted by Crippen LogP contribution is -2.27. The number of benzene rings is 1. The summed E-state index contributed by atoms with van der Waals surface area (Å²) in [5, 5.41) is 0. The lowest BCUT2D eigenvalue weighted by Gasteiger charge is -2.14. The van der Waals surface area contributed by atoms with Crippen molar-refractivity contribution in [1.82, 2.24) is 0 Å². The van der Waals surface area contributed by atoms with Crippen LogP contribution in [0.3, 0.4) is 0 Å². The minimum atomic E-state index is -4.77. The van der Waals surface area contributed by atoms with Gasteiger partial charge in [0.25, 0.3) is 0 Å². The molecular formula is C14H17F3O. The molecule has 4 heteroatoms. The molecule has 0 saturated carbocycles. The van der Waals surface area contributed by atoms with Crippen LogP contribution < -0.4 is 0 Å². The lowest BCUT2D eigenvalue weighted by atomic mass is 9.94. The van der Waals surface area contributed by atoms with Crippen LogP contribution in [0.1, 0.15) is 37.8 Å². The normalized spacial score (nSPS) is 13.7. The van der Waals surface area contributed by atoms with Crippen molar-refractivity contribution < 1.29 is 18.0 Å². The predicted molar refractivity (Wildman–Crippen MR) is 64.5 cm³/mol. The van der Waals surface area contributed by atoms with Crippen molar-refractivity contribution in [2.24, 2.45) is 5.92 Å². The van der Waals surface area contributed by atoms with Crippen LogP contribution in [-0.2, 0) is 11.2 Å². The number of alkyl halides is 3. The van der Waals surface area contributed by atoms with E-state index >= 15 is 0 Å². The van der Waals surface area contributed by atoms with E-state index in [4.69, 9.17) is 0 Å². The van der Waals surface area contributed by atoms with E-state index in [1.807, 2.05) is 0 Å². The third-order valence-electron chi connectivity index (χ3n) is 2.80. The second-order valence-electron chi connectivity index (χ2n) is 4.92. The summed E-state index contributed by atoms with van der Waals surface area (Å²) in [7, 11) is 0. The number of hydrogen-bond donors (Lipinski definition) is 0. The summed E-state index contributed by atoms with van der Waals surface area (Å²) in [5.41, 5.74) is 1.48. The van der Waals surface area contributed by atoms with Crippen LogP contribution in [0.2, 0.25) is 0 Å². The Labute approximate surface area is 105 Å². The van der Waals surface area contributed by atoms with E-state index in [2.05, 4.69) is 13.8 Å². The largest absolute Gasteiger partial charge is 0.450 e. The highest BCUT2D eigenvalue weighted by molar-refractivity contribution is 5.90. The van der Waals surface area contributed by atoms with Gasteiger partial charge in [0.15, 0.2) is 0 Å². The minimum Gasteiger partial charge on any atom is -0.289 e. The average molecular weight is 258 g/mol. The first-order valence-electron chi connectivity index (χ1n) is 5.91. The topological polar surface area (TPSA) is 17.1 Å². The summed E-state index contributed by atoms with van der Waals surface area (Å²) in [4.78, 5) is 11.1. The molecule has 1 nitrogen and oxygen atoms in total. The van der Waals surface area contributed by atoms with Gasteiger partial charge in [-0.25, -0.2) is 0 Å². The van der Waals surface area contributed by atoms with E-state index in [0.29, 0.717) is 11.5 Å². The fourth-order valence-corrected chi connectivity index (χ4v) is 1.81. The van der Waals surface area contributed by atoms with Gasteiger partial charge in [0.2, 0.25) is 5.78 Å². The van der Waals surface area contributed by atoms with Crippen molar-refractivity contribution in [2.45, 2.75) is 39.3 Å². The number of rotatable bonds is 4. The number of carbonyl (C=O) groups is 1. The first-order valence-corrected chi connectivity index (χ1v) is 5.91.